The highest BCUT2D eigenvalue weighted by atomic mass is 16.5. The molecule has 5 nitrogen and oxygen atoms in total. The van der Waals surface area contributed by atoms with E-state index in [1.54, 1.807) is 38.3 Å². The molecule has 5 heteroatoms. The summed E-state index contributed by atoms with van der Waals surface area (Å²) in [6.45, 7) is 0.276. The molecule has 24 heavy (non-hydrogen) atoms. The third kappa shape index (κ3) is 2.93. The predicted octanol–water partition coefficient (Wildman–Crippen LogP) is 3.32. The standard InChI is InChI=1S/C19H20N2O3/c1-20(15-8-9-17(23-2)18(12-15)24-3)19(22)13-21-11-10-14-6-4-5-7-16(14)21/h4-12H,13H2,1-3H3. The van der Waals surface area contributed by atoms with Crippen LogP contribution in [0.15, 0.2) is 54.7 Å². The Balaban J connectivity index is 1.82. The smallest absolute Gasteiger partial charge is 0.246 e. The summed E-state index contributed by atoms with van der Waals surface area (Å²) >= 11 is 0. The third-order valence-electron chi connectivity index (χ3n) is 4.11. The van der Waals surface area contributed by atoms with E-state index in [0.717, 1.165) is 16.6 Å². The number of nitrogens with zero attached hydrogens (tertiary/aromatic N) is 2. The number of ether oxygens (including phenoxy) is 2. The molecule has 0 aliphatic carbocycles. The second-order valence-electron chi connectivity index (χ2n) is 5.49. The Kier molecular flexibility index (Phi) is 4.42. The number of methoxy groups -OCH3 is 2. The van der Waals surface area contributed by atoms with E-state index >= 15 is 0 Å². The van der Waals surface area contributed by atoms with Gasteiger partial charge in [-0.25, -0.2) is 0 Å². The monoisotopic (exact) mass is 324 g/mol. The minimum Gasteiger partial charge on any atom is -0.493 e. The van der Waals surface area contributed by atoms with E-state index in [-0.39, 0.29) is 12.5 Å². The summed E-state index contributed by atoms with van der Waals surface area (Å²) < 4.78 is 12.5. The molecule has 0 fully saturated rings. The number of carbonyl (C=O) groups is 1. The Labute approximate surface area is 141 Å². The fourth-order valence-corrected chi connectivity index (χ4v) is 2.71. The molecule has 1 heterocycles. The van der Waals surface area contributed by atoms with Crippen LogP contribution >= 0.6 is 0 Å². The van der Waals surface area contributed by atoms with Gasteiger partial charge in [-0.1, -0.05) is 18.2 Å². The zero-order valence-electron chi connectivity index (χ0n) is 14.0. The van der Waals surface area contributed by atoms with Crippen molar-refractivity contribution in [2.24, 2.45) is 0 Å². The zero-order valence-corrected chi connectivity index (χ0v) is 14.0. The van der Waals surface area contributed by atoms with Crippen molar-refractivity contribution >= 4 is 22.5 Å². The predicted molar refractivity (Wildman–Crippen MR) is 94.9 cm³/mol. The van der Waals surface area contributed by atoms with Gasteiger partial charge in [-0.05, 0) is 29.7 Å². The Morgan fingerprint density at radius 2 is 1.79 bits per heavy atom. The van der Waals surface area contributed by atoms with Crippen LogP contribution in [0.4, 0.5) is 5.69 Å². The van der Waals surface area contributed by atoms with Crippen molar-refractivity contribution in [2.45, 2.75) is 6.54 Å². The van der Waals surface area contributed by atoms with Crippen molar-refractivity contribution in [1.82, 2.24) is 4.57 Å². The van der Waals surface area contributed by atoms with Crippen molar-refractivity contribution in [2.75, 3.05) is 26.2 Å². The number of aromatic nitrogens is 1. The Bertz CT molecular complexity index is 870. The first-order valence-corrected chi connectivity index (χ1v) is 7.66. The van der Waals surface area contributed by atoms with E-state index in [2.05, 4.69) is 0 Å². The first kappa shape index (κ1) is 15.9. The van der Waals surface area contributed by atoms with Crippen molar-refractivity contribution < 1.29 is 14.3 Å². The number of carbonyl (C=O) groups excluding carboxylic acids is 1. The fraction of sp³-hybridized carbons (Fsp3) is 0.211. The number of hydrogen-bond donors (Lipinski definition) is 0. The molecule has 124 valence electrons. The van der Waals surface area contributed by atoms with E-state index in [1.165, 1.54) is 0 Å². The lowest BCUT2D eigenvalue weighted by Gasteiger charge is -2.19. The molecule has 1 amide bonds. The van der Waals surface area contributed by atoms with Gasteiger partial charge in [0.2, 0.25) is 5.91 Å². The first-order chi connectivity index (χ1) is 11.6. The molecule has 0 unspecified atom stereocenters. The summed E-state index contributed by atoms with van der Waals surface area (Å²) in [7, 11) is 4.92. The highest BCUT2D eigenvalue weighted by molar-refractivity contribution is 5.94. The van der Waals surface area contributed by atoms with Gasteiger partial charge in [-0.2, -0.15) is 0 Å². The minimum absolute atomic E-state index is 0.0106. The van der Waals surface area contributed by atoms with Gasteiger partial charge >= 0.3 is 0 Å². The molecule has 0 radical (unpaired) electrons. The van der Waals surface area contributed by atoms with Crippen LogP contribution < -0.4 is 14.4 Å². The zero-order chi connectivity index (χ0) is 17.1. The molecule has 3 aromatic rings. The highest BCUT2D eigenvalue weighted by Gasteiger charge is 2.15. The van der Waals surface area contributed by atoms with E-state index in [9.17, 15) is 4.79 Å². The number of amides is 1. The van der Waals surface area contributed by atoms with E-state index in [0.29, 0.717) is 11.5 Å². The van der Waals surface area contributed by atoms with Gasteiger partial charge in [0.25, 0.3) is 0 Å². The number of rotatable bonds is 5. The highest BCUT2D eigenvalue weighted by Crippen LogP contribution is 2.31. The summed E-state index contributed by atoms with van der Waals surface area (Å²) in [6, 6.07) is 15.5. The van der Waals surface area contributed by atoms with Gasteiger partial charge in [0.15, 0.2) is 11.5 Å². The van der Waals surface area contributed by atoms with Crippen LogP contribution in [0, 0.1) is 0 Å². The molecule has 0 aliphatic heterocycles. The lowest BCUT2D eigenvalue weighted by molar-refractivity contribution is -0.118. The maximum atomic E-state index is 12.6. The average Bonchev–Trinajstić information content (AvgIpc) is 3.03. The topological polar surface area (TPSA) is 43.7 Å². The van der Waals surface area contributed by atoms with Crippen LogP contribution in [0.25, 0.3) is 10.9 Å². The quantitative estimate of drug-likeness (QED) is 0.723. The van der Waals surface area contributed by atoms with Crippen LogP contribution in [0.5, 0.6) is 11.5 Å². The number of hydrogen-bond acceptors (Lipinski definition) is 3. The third-order valence-corrected chi connectivity index (χ3v) is 4.11. The van der Waals surface area contributed by atoms with Crippen LogP contribution in [0.1, 0.15) is 0 Å². The van der Waals surface area contributed by atoms with Gasteiger partial charge in [-0.15, -0.1) is 0 Å². The molecule has 3 rings (SSSR count). The summed E-state index contributed by atoms with van der Waals surface area (Å²) in [5, 5.41) is 1.12. The largest absolute Gasteiger partial charge is 0.493 e. The fourth-order valence-electron chi connectivity index (χ4n) is 2.71. The SMILES string of the molecule is COc1ccc(N(C)C(=O)Cn2ccc3ccccc32)cc1OC. The van der Waals surface area contributed by atoms with Crippen LogP contribution in [-0.2, 0) is 11.3 Å². The normalized spacial score (nSPS) is 10.6. The number of anilines is 1. The van der Waals surface area contributed by atoms with E-state index in [4.69, 9.17) is 9.47 Å². The number of likely N-dealkylation sites (N-methyl/N-ethyl adjacent to an activating group) is 1. The number of fused-ring (bicyclic) bond motifs is 1. The molecular weight excluding hydrogens is 304 g/mol. The molecule has 0 atom stereocenters. The van der Waals surface area contributed by atoms with Gasteiger partial charge in [-0.3, -0.25) is 4.79 Å². The molecule has 0 aliphatic rings. The molecule has 0 N–H and O–H groups in total. The first-order valence-electron chi connectivity index (χ1n) is 7.66. The molecule has 1 aromatic heterocycles. The maximum absolute atomic E-state index is 12.6. The second-order valence-corrected chi connectivity index (χ2v) is 5.49. The van der Waals surface area contributed by atoms with E-state index < -0.39 is 0 Å². The number of benzene rings is 2. The van der Waals surface area contributed by atoms with Crippen molar-refractivity contribution in [3.05, 3.63) is 54.7 Å². The van der Waals surface area contributed by atoms with Gasteiger partial charge in [0.05, 0.1) is 14.2 Å². The lowest BCUT2D eigenvalue weighted by atomic mass is 10.2. The second kappa shape index (κ2) is 6.66. The van der Waals surface area contributed by atoms with Crippen molar-refractivity contribution in [1.29, 1.82) is 0 Å². The maximum Gasteiger partial charge on any atom is 0.246 e. The van der Waals surface area contributed by atoms with Crippen LogP contribution in [0.3, 0.4) is 0 Å². The molecule has 2 aromatic carbocycles. The van der Waals surface area contributed by atoms with Gasteiger partial charge in [0.1, 0.15) is 6.54 Å². The van der Waals surface area contributed by atoms with Crippen LogP contribution in [0.2, 0.25) is 0 Å². The summed E-state index contributed by atoms with van der Waals surface area (Å²) in [5.41, 5.74) is 1.81. The summed E-state index contributed by atoms with van der Waals surface area (Å²) in [5.74, 6) is 1.23. The van der Waals surface area contributed by atoms with Crippen molar-refractivity contribution in [3.8, 4) is 11.5 Å². The Morgan fingerprint density at radius 1 is 1.04 bits per heavy atom. The molecule has 0 saturated carbocycles. The molecule has 0 spiro atoms. The lowest BCUT2D eigenvalue weighted by Crippen LogP contribution is -2.29. The Hall–Kier alpha value is -2.95. The van der Waals surface area contributed by atoms with Crippen molar-refractivity contribution in [3.63, 3.8) is 0 Å². The van der Waals surface area contributed by atoms with Gasteiger partial charge in [0, 0.05) is 30.5 Å². The Morgan fingerprint density at radius 3 is 2.54 bits per heavy atom. The summed E-state index contributed by atoms with van der Waals surface area (Å²) in [6.07, 6.45) is 1.94. The van der Waals surface area contributed by atoms with Crippen LogP contribution in [-0.4, -0.2) is 31.7 Å². The van der Waals surface area contributed by atoms with E-state index in [1.807, 2.05) is 47.2 Å². The molecule has 0 saturated heterocycles. The van der Waals surface area contributed by atoms with Gasteiger partial charge < -0.3 is 18.9 Å². The molecular formula is C19H20N2O3. The minimum atomic E-state index is -0.0106. The average molecular weight is 324 g/mol. The summed E-state index contributed by atoms with van der Waals surface area (Å²) in [4.78, 5) is 14.3. The molecule has 0 bridgehead atoms. The number of para-hydroxylation sites is 1.